The van der Waals surface area contributed by atoms with Gasteiger partial charge in [0.1, 0.15) is 0 Å². The van der Waals surface area contributed by atoms with E-state index in [9.17, 15) is 8.42 Å². The van der Waals surface area contributed by atoms with Crippen molar-refractivity contribution in [2.45, 2.75) is 6.92 Å². The molecule has 0 heterocycles. The van der Waals surface area contributed by atoms with E-state index < -0.39 is 10.0 Å². The fourth-order valence-electron chi connectivity index (χ4n) is 0.867. The molecular formula is C8H8Br3NO2S. The summed E-state index contributed by atoms with van der Waals surface area (Å²) in [7, 11) is -3.26. The Morgan fingerprint density at radius 2 is 1.67 bits per heavy atom. The van der Waals surface area contributed by atoms with E-state index in [0.29, 0.717) is 14.6 Å². The van der Waals surface area contributed by atoms with E-state index >= 15 is 0 Å². The molecule has 0 saturated heterocycles. The van der Waals surface area contributed by atoms with Crippen molar-refractivity contribution in [1.82, 2.24) is 0 Å². The van der Waals surface area contributed by atoms with Crippen LogP contribution in [0, 0.1) is 0 Å². The predicted octanol–water partition coefficient (Wildman–Crippen LogP) is 3.74. The second kappa shape index (κ2) is 5.16. The number of hydrogen-bond donors (Lipinski definition) is 1. The fraction of sp³-hybridized carbons (Fsp3) is 0.250. The molecule has 84 valence electrons. The molecular weight excluding hydrogens is 414 g/mol. The highest BCUT2D eigenvalue weighted by atomic mass is 79.9. The van der Waals surface area contributed by atoms with Crippen LogP contribution in [0.5, 0.6) is 0 Å². The lowest BCUT2D eigenvalue weighted by Crippen LogP contribution is -2.15. The van der Waals surface area contributed by atoms with Crippen molar-refractivity contribution in [2.75, 3.05) is 10.5 Å². The zero-order valence-electron chi connectivity index (χ0n) is 7.72. The summed E-state index contributed by atoms with van der Waals surface area (Å²) in [5, 5.41) is 0. The molecule has 0 saturated carbocycles. The highest BCUT2D eigenvalue weighted by molar-refractivity contribution is 9.11. The molecule has 3 nitrogen and oxygen atoms in total. The lowest BCUT2D eigenvalue weighted by molar-refractivity contribution is 0.602. The van der Waals surface area contributed by atoms with Crippen LogP contribution in [0.1, 0.15) is 6.92 Å². The number of sulfonamides is 1. The fourth-order valence-corrected chi connectivity index (χ4v) is 4.26. The molecule has 0 aliphatic rings. The summed E-state index contributed by atoms with van der Waals surface area (Å²) in [5.41, 5.74) is 0.514. The largest absolute Gasteiger partial charge is 0.281 e. The smallest absolute Gasteiger partial charge is 0.232 e. The molecule has 0 atom stereocenters. The molecule has 0 amide bonds. The molecule has 0 radical (unpaired) electrons. The predicted molar refractivity (Wildman–Crippen MR) is 72.6 cm³/mol. The van der Waals surface area contributed by atoms with Gasteiger partial charge in [0.25, 0.3) is 0 Å². The van der Waals surface area contributed by atoms with E-state index in [2.05, 4.69) is 52.5 Å². The highest BCUT2D eigenvalue weighted by Gasteiger charge is 2.13. The standard InChI is InChI=1S/C8H8Br3NO2S/c1-2-15(13,14)12-8-6(10)3-5(9)4-7(8)11/h3-4,12H,2H2,1H3. The van der Waals surface area contributed by atoms with Crippen molar-refractivity contribution in [3.05, 3.63) is 25.6 Å². The van der Waals surface area contributed by atoms with Gasteiger partial charge in [-0.15, -0.1) is 0 Å². The zero-order chi connectivity index (χ0) is 11.6. The van der Waals surface area contributed by atoms with Crippen molar-refractivity contribution in [3.63, 3.8) is 0 Å². The zero-order valence-corrected chi connectivity index (χ0v) is 13.3. The molecule has 0 aromatic heterocycles. The van der Waals surface area contributed by atoms with Crippen LogP contribution in [0.4, 0.5) is 5.69 Å². The summed E-state index contributed by atoms with van der Waals surface area (Å²) in [6.07, 6.45) is 0. The van der Waals surface area contributed by atoms with Crippen molar-refractivity contribution in [1.29, 1.82) is 0 Å². The summed E-state index contributed by atoms with van der Waals surface area (Å²) in [5.74, 6) is 0.0436. The SMILES string of the molecule is CCS(=O)(=O)Nc1c(Br)cc(Br)cc1Br. The van der Waals surface area contributed by atoms with Crippen LogP contribution < -0.4 is 4.72 Å². The molecule has 0 bridgehead atoms. The van der Waals surface area contributed by atoms with Crippen LogP contribution in [0.25, 0.3) is 0 Å². The molecule has 1 aromatic rings. The number of nitrogens with one attached hydrogen (secondary N) is 1. The van der Waals surface area contributed by atoms with Crippen molar-refractivity contribution in [2.24, 2.45) is 0 Å². The van der Waals surface area contributed by atoms with Gasteiger partial charge in [-0.05, 0) is 50.9 Å². The summed E-state index contributed by atoms with van der Waals surface area (Å²) in [6, 6.07) is 3.55. The van der Waals surface area contributed by atoms with Gasteiger partial charge >= 0.3 is 0 Å². The Morgan fingerprint density at radius 3 is 2.07 bits per heavy atom. The summed E-state index contributed by atoms with van der Waals surface area (Å²) in [4.78, 5) is 0. The number of halogens is 3. The van der Waals surface area contributed by atoms with Gasteiger partial charge in [0.15, 0.2) is 0 Å². The lowest BCUT2D eigenvalue weighted by atomic mass is 10.3. The third-order valence-electron chi connectivity index (χ3n) is 1.64. The van der Waals surface area contributed by atoms with Crippen LogP contribution in [-0.2, 0) is 10.0 Å². The molecule has 1 rings (SSSR count). The van der Waals surface area contributed by atoms with Gasteiger partial charge < -0.3 is 0 Å². The van der Waals surface area contributed by atoms with Crippen LogP contribution in [0.15, 0.2) is 25.6 Å². The minimum Gasteiger partial charge on any atom is -0.281 e. The third kappa shape index (κ3) is 3.72. The first-order chi connectivity index (χ1) is 6.85. The van der Waals surface area contributed by atoms with Gasteiger partial charge in [-0.2, -0.15) is 0 Å². The second-order valence-electron chi connectivity index (χ2n) is 2.75. The monoisotopic (exact) mass is 419 g/mol. The van der Waals surface area contributed by atoms with Crippen LogP contribution >= 0.6 is 47.8 Å². The Balaban J connectivity index is 3.17. The van der Waals surface area contributed by atoms with E-state index in [4.69, 9.17) is 0 Å². The second-order valence-corrected chi connectivity index (χ2v) is 7.39. The first kappa shape index (κ1) is 13.5. The Labute approximate surface area is 114 Å². The lowest BCUT2D eigenvalue weighted by Gasteiger charge is -2.10. The van der Waals surface area contributed by atoms with Gasteiger partial charge in [-0.3, -0.25) is 4.72 Å². The third-order valence-corrected chi connectivity index (χ3v) is 4.63. The Bertz CT molecular complexity index is 450. The maximum absolute atomic E-state index is 11.4. The van der Waals surface area contributed by atoms with Crippen LogP contribution in [0.3, 0.4) is 0 Å². The van der Waals surface area contributed by atoms with E-state index in [-0.39, 0.29) is 5.75 Å². The normalized spacial score (nSPS) is 11.5. The molecule has 0 fully saturated rings. The number of rotatable bonds is 3. The maximum atomic E-state index is 11.4. The quantitative estimate of drug-likeness (QED) is 0.808. The minimum absolute atomic E-state index is 0.0436. The van der Waals surface area contributed by atoms with Crippen LogP contribution in [-0.4, -0.2) is 14.2 Å². The highest BCUT2D eigenvalue weighted by Crippen LogP contribution is 2.34. The van der Waals surface area contributed by atoms with E-state index in [1.165, 1.54) is 0 Å². The Kier molecular flexibility index (Phi) is 4.64. The minimum atomic E-state index is -3.26. The van der Waals surface area contributed by atoms with Gasteiger partial charge in [0, 0.05) is 13.4 Å². The van der Waals surface area contributed by atoms with E-state index in [1.807, 2.05) is 0 Å². The summed E-state index contributed by atoms with van der Waals surface area (Å²) in [6.45, 7) is 1.59. The van der Waals surface area contributed by atoms with Gasteiger partial charge in [-0.25, -0.2) is 8.42 Å². The molecule has 0 unspecified atom stereocenters. The van der Waals surface area contributed by atoms with Crippen molar-refractivity contribution < 1.29 is 8.42 Å². The molecule has 1 aromatic carbocycles. The number of anilines is 1. The molecule has 7 heteroatoms. The van der Waals surface area contributed by atoms with Crippen molar-refractivity contribution in [3.8, 4) is 0 Å². The van der Waals surface area contributed by atoms with Gasteiger partial charge in [0.2, 0.25) is 10.0 Å². The van der Waals surface area contributed by atoms with Crippen LogP contribution in [0.2, 0.25) is 0 Å². The van der Waals surface area contributed by atoms with E-state index in [0.717, 1.165) is 4.47 Å². The number of hydrogen-bond acceptors (Lipinski definition) is 2. The Morgan fingerprint density at radius 1 is 1.20 bits per heavy atom. The van der Waals surface area contributed by atoms with E-state index in [1.54, 1.807) is 19.1 Å². The summed E-state index contributed by atoms with van der Waals surface area (Å²) >= 11 is 9.89. The molecule has 1 N–H and O–H groups in total. The molecule has 15 heavy (non-hydrogen) atoms. The first-order valence-electron chi connectivity index (χ1n) is 4.00. The van der Waals surface area contributed by atoms with Gasteiger partial charge in [0.05, 0.1) is 11.4 Å². The average molecular weight is 422 g/mol. The van der Waals surface area contributed by atoms with Crippen molar-refractivity contribution >= 4 is 63.5 Å². The molecule has 0 spiro atoms. The maximum Gasteiger partial charge on any atom is 0.232 e. The summed E-state index contributed by atoms with van der Waals surface area (Å²) < 4.78 is 27.5. The number of benzene rings is 1. The molecule has 0 aliphatic heterocycles. The average Bonchev–Trinajstić information content (AvgIpc) is 2.11. The molecule has 0 aliphatic carbocycles. The Hall–Kier alpha value is 0.410. The topological polar surface area (TPSA) is 46.2 Å². The van der Waals surface area contributed by atoms with Gasteiger partial charge in [-0.1, -0.05) is 15.9 Å². The first-order valence-corrected chi connectivity index (χ1v) is 8.04.